The second-order valence-corrected chi connectivity index (χ2v) is 10.1. The van der Waals surface area contributed by atoms with E-state index in [1.54, 1.807) is 0 Å². The Morgan fingerprint density at radius 3 is 2.50 bits per heavy atom. The summed E-state index contributed by atoms with van der Waals surface area (Å²) in [6.45, 7) is 1.78. The van der Waals surface area contributed by atoms with Crippen molar-refractivity contribution < 1.29 is 29.9 Å². The Kier molecular flexibility index (Phi) is 5.80. The van der Waals surface area contributed by atoms with E-state index in [-0.39, 0.29) is 6.61 Å². The van der Waals surface area contributed by atoms with Gasteiger partial charge in [-0.3, -0.25) is 0 Å². The van der Waals surface area contributed by atoms with Crippen molar-refractivity contribution in [3.63, 3.8) is 0 Å². The minimum Gasteiger partial charge on any atom is -0.394 e. The second kappa shape index (κ2) is 8.34. The Morgan fingerprint density at radius 2 is 1.81 bits per heavy atom. The standard InChI is InChI=1S/C24H25ClO6S/c1-2-12-3-5-13(6-4-12)7-16-15-9-17-14(8-19(15)32-23(16)25)11-30-24(17)22(29)21(28)20(27)18(10-26)31-24/h3-6,8-9,18,20-22,26-29H,2,7,10-11H2,1H3/t18?,20-,21-,22+,24-/m0/s1. The second-order valence-electron chi connectivity index (χ2n) is 8.43. The largest absolute Gasteiger partial charge is 0.394 e. The zero-order valence-electron chi connectivity index (χ0n) is 17.5. The van der Waals surface area contributed by atoms with Crippen molar-refractivity contribution in [3.8, 4) is 0 Å². The quantitative estimate of drug-likeness (QED) is 0.462. The van der Waals surface area contributed by atoms with Gasteiger partial charge < -0.3 is 29.9 Å². The number of aryl methyl sites for hydroxylation is 1. The molecule has 0 amide bonds. The van der Waals surface area contributed by atoms with Crippen LogP contribution in [0, 0.1) is 0 Å². The molecule has 6 nitrogen and oxygen atoms in total. The fourth-order valence-corrected chi connectivity index (χ4v) is 6.07. The molecule has 1 fully saturated rings. The molecule has 1 saturated heterocycles. The third-order valence-electron chi connectivity index (χ3n) is 6.55. The van der Waals surface area contributed by atoms with Crippen LogP contribution in [0.4, 0.5) is 0 Å². The molecule has 8 heteroatoms. The number of hydrogen-bond acceptors (Lipinski definition) is 7. The molecule has 0 bridgehead atoms. The molecule has 4 N–H and O–H groups in total. The minimum absolute atomic E-state index is 0.173. The highest BCUT2D eigenvalue weighted by Crippen LogP contribution is 2.49. The van der Waals surface area contributed by atoms with Crippen LogP contribution in [0.3, 0.4) is 0 Å². The smallest absolute Gasteiger partial charge is 0.225 e. The topological polar surface area (TPSA) is 99.4 Å². The summed E-state index contributed by atoms with van der Waals surface area (Å²) in [5.41, 5.74) is 4.79. The molecule has 3 aromatic rings. The number of aliphatic hydroxyl groups excluding tert-OH is 4. The highest BCUT2D eigenvalue weighted by molar-refractivity contribution is 7.23. The molecule has 0 aliphatic carbocycles. The Bertz CT molecular complexity index is 1140. The lowest BCUT2D eigenvalue weighted by Crippen LogP contribution is -2.63. The molecule has 3 heterocycles. The van der Waals surface area contributed by atoms with E-state index in [4.69, 9.17) is 21.1 Å². The van der Waals surface area contributed by atoms with Gasteiger partial charge >= 0.3 is 0 Å². The fourth-order valence-electron chi connectivity index (χ4n) is 4.66. The fraction of sp³-hybridized carbons (Fsp3) is 0.417. The van der Waals surface area contributed by atoms with Crippen LogP contribution < -0.4 is 0 Å². The summed E-state index contributed by atoms with van der Waals surface area (Å²) in [7, 11) is 0. The number of benzene rings is 2. The summed E-state index contributed by atoms with van der Waals surface area (Å²) in [5, 5.41) is 42.0. The first-order valence-electron chi connectivity index (χ1n) is 10.7. The third-order valence-corrected chi connectivity index (χ3v) is 7.99. The van der Waals surface area contributed by atoms with Gasteiger partial charge in [-0.2, -0.15) is 0 Å². The number of ether oxygens (including phenoxy) is 2. The van der Waals surface area contributed by atoms with Gasteiger partial charge in [-0.05, 0) is 46.2 Å². The average molecular weight is 477 g/mol. The molecular formula is C24H25ClO6S. The average Bonchev–Trinajstić information content (AvgIpc) is 3.31. The maximum absolute atomic E-state index is 10.8. The van der Waals surface area contributed by atoms with Crippen molar-refractivity contribution in [1.82, 2.24) is 0 Å². The molecule has 1 spiro atoms. The molecule has 2 aliphatic heterocycles. The van der Waals surface area contributed by atoms with E-state index in [1.807, 2.05) is 12.1 Å². The van der Waals surface area contributed by atoms with Crippen LogP contribution in [0.25, 0.3) is 10.1 Å². The number of hydrogen-bond donors (Lipinski definition) is 4. The molecule has 0 saturated carbocycles. The number of fused-ring (bicyclic) bond motifs is 3. The van der Waals surface area contributed by atoms with Gasteiger partial charge in [0.15, 0.2) is 0 Å². The van der Waals surface area contributed by atoms with Crippen molar-refractivity contribution in [2.45, 2.75) is 56.6 Å². The number of aliphatic hydroxyl groups is 4. The van der Waals surface area contributed by atoms with Crippen molar-refractivity contribution >= 4 is 33.0 Å². The third kappa shape index (κ3) is 3.40. The minimum atomic E-state index is -1.66. The van der Waals surface area contributed by atoms with E-state index in [0.29, 0.717) is 16.3 Å². The zero-order valence-corrected chi connectivity index (χ0v) is 19.1. The van der Waals surface area contributed by atoms with E-state index in [0.717, 1.165) is 33.2 Å². The molecule has 1 unspecified atom stereocenters. The highest BCUT2D eigenvalue weighted by atomic mass is 35.5. The van der Waals surface area contributed by atoms with Crippen LogP contribution >= 0.6 is 22.9 Å². The normalized spacial score (nSPS) is 29.7. The summed E-state index contributed by atoms with van der Waals surface area (Å²) in [6.07, 6.45) is -3.91. The SMILES string of the molecule is CCc1ccc(Cc2c(Cl)sc3cc4c(cc23)[C@]2(OC4)OC(CO)[C@H](O)[C@H](O)[C@H]2O)cc1. The zero-order chi connectivity index (χ0) is 22.6. The highest BCUT2D eigenvalue weighted by Gasteiger charge is 2.58. The summed E-state index contributed by atoms with van der Waals surface area (Å²) < 4.78 is 13.5. The van der Waals surface area contributed by atoms with E-state index >= 15 is 0 Å². The van der Waals surface area contributed by atoms with Gasteiger partial charge in [0.2, 0.25) is 5.79 Å². The van der Waals surface area contributed by atoms with Crippen LogP contribution in [-0.2, 0) is 34.7 Å². The van der Waals surface area contributed by atoms with E-state index in [2.05, 4.69) is 31.2 Å². The van der Waals surface area contributed by atoms with Crippen LogP contribution in [0.5, 0.6) is 0 Å². The van der Waals surface area contributed by atoms with Gasteiger partial charge in [-0.15, -0.1) is 11.3 Å². The van der Waals surface area contributed by atoms with Crippen molar-refractivity contribution in [1.29, 1.82) is 0 Å². The Morgan fingerprint density at radius 1 is 1.09 bits per heavy atom. The molecule has 5 atom stereocenters. The van der Waals surface area contributed by atoms with Crippen molar-refractivity contribution in [3.05, 3.63) is 68.6 Å². The molecule has 2 aliphatic rings. The summed E-state index contributed by atoms with van der Waals surface area (Å²) in [5.74, 6) is -1.66. The lowest BCUT2D eigenvalue weighted by atomic mass is 9.87. The van der Waals surface area contributed by atoms with Gasteiger partial charge in [0, 0.05) is 16.7 Å². The summed E-state index contributed by atoms with van der Waals surface area (Å²) in [4.78, 5) is 0. The summed E-state index contributed by atoms with van der Waals surface area (Å²) >= 11 is 8.13. The Labute approximate surface area is 194 Å². The van der Waals surface area contributed by atoms with Gasteiger partial charge in [-0.1, -0.05) is 42.8 Å². The van der Waals surface area contributed by atoms with Gasteiger partial charge in [0.25, 0.3) is 0 Å². The lowest BCUT2D eigenvalue weighted by Gasteiger charge is -2.46. The lowest BCUT2D eigenvalue weighted by molar-refractivity contribution is -0.368. The predicted octanol–water partition coefficient (Wildman–Crippen LogP) is 2.86. The maximum atomic E-state index is 10.8. The molecule has 1 aromatic heterocycles. The van der Waals surface area contributed by atoms with Gasteiger partial charge in [0.05, 0.1) is 17.6 Å². The molecule has 5 rings (SSSR count). The van der Waals surface area contributed by atoms with Crippen LogP contribution in [0.15, 0.2) is 36.4 Å². The molecule has 32 heavy (non-hydrogen) atoms. The molecular weight excluding hydrogens is 452 g/mol. The van der Waals surface area contributed by atoms with Crippen molar-refractivity contribution in [2.24, 2.45) is 0 Å². The first kappa shape index (κ1) is 22.3. The van der Waals surface area contributed by atoms with Crippen LogP contribution in [0.1, 0.15) is 34.7 Å². The molecule has 2 aromatic carbocycles. The molecule has 0 radical (unpaired) electrons. The first-order chi connectivity index (χ1) is 15.4. The molecule has 170 valence electrons. The number of thiophene rings is 1. The first-order valence-corrected chi connectivity index (χ1v) is 11.9. The van der Waals surface area contributed by atoms with Gasteiger partial charge in [-0.25, -0.2) is 0 Å². The number of rotatable bonds is 4. The van der Waals surface area contributed by atoms with Crippen molar-refractivity contribution in [2.75, 3.05) is 6.61 Å². The Hall–Kier alpha value is -1.55. The van der Waals surface area contributed by atoms with E-state index < -0.39 is 36.8 Å². The summed E-state index contributed by atoms with van der Waals surface area (Å²) in [6, 6.07) is 12.3. The number of halogens is 1. The Balaban J connectivity index is 1.58. The van der Waals surface area contributed by atoms with Gasteiger partial charge in [0.1, 0.15) is 24.4 Å². The van der Waals surface area contributed by atoms with E-state index in [9.17, 15) is 20.4 Å². The van der Waals surface area contributed by atoms with Crippen LogP contribution in [0.2, 0.25) is 4.34 Å². The monoisotopic (exact) mass is 476 g/mol. The maximum Gasteiger partial charge on any atom is 0.225 e. The van der Waals surface area contributed by atoms with Crippen LogP contribution in [-0.4, -0.2) is 51.4 Å². The predicted molar refractivity (Wildman–Crippen MR) is 122 cm³/mol. The van der Waals surface area contributed by atoms with E-state index in [1.165, 1.54) is 16.9 Å².